The Morgan fingerprint density at radius 1 is 1.06 bits per heavy atom. The van der Waals surface area contributed by atoms with Gasteiger partial charge in [-0.05, 0) is 43.0 Å². The number of aliphatic hydroxyl groups excluding tert-OH is 5. The Kier molecular flexibility index (Phi) is 12.5. The van der Waals surface area contributed by atoms with E-state index in [9.17, 15) is 45.0 Å². The minimum Gasteiger partial charge on any atom is -0.469 e. The second-order valence-corrected chi connectivity index (χ2v) is 13.0. The number of hydrogen-bond acceptors (Lipinski definition) is 13. The summed E-state index contributed by atoms with van der Waals surface area (Å²) in [4.78, 5) is 40.1. The van der Waals surface area contributed by atoms with Crippen LogP contribution < -0.4 is 10.2 Å². The molecule has 0 saturated carbocycles. The number of amides is 2. The molecule has 16 nitrogen and oxygen atoms in total. The number of aliphatic hydroxyl groups is 6. The van der Waals surface area contributed by atoms with Crippen molar-refractivity contribution in [2.24, 2.45) is 5.92 Å². The van der Waals surface area contributed by atoms with Crippen LogP contribution in [-0.4, -0.2) is 114 Å². The van der Waals surface area contributed by atoms with Crippen molar-refractivity contribution in [3.05, 3.63) is 83.7 Å². The number of hydrogen-bond donors (Lipinski definition) is 7. The standard InChI is InChI=1S/C36H45N5O11/c1-21(10-6-8-16-40-19-26(38-39-40)24(20-42)22-11-4-3-5-12-22)36(50)25-18-23(37-33(47)32-30(45)29(44)31(46)34(48)52-32)14-15-27(25)41(35(36)49)17-9-7-13-28(43)51-2/h3-6,10-12,14-15,18-19,21,24,29-32,34,42,44-46,48,50H,7-9,13,16-17,20H2,1-2H3,(H,37,47)/b10-6+/t21-,24?,29+,30+,31-,32+,34-,36+/m1/s1. The lowest BCUT2D eigenvalue weighted by atomic mass is 9.82. The number of aryl methyl sites for hydroxylation is 1. The quantitative estimate of drug-likeness (QED) is 0.0636. The number of rotatable bonds is 15. The van der Waals surface area contributed by atoms with E-state index < -0.39 is 54.0 Å². The van der Waals surface area contributed by atoms with Crippen LogP contribution in [0.2, 0.25) is 0 Å². The van der Waals surface area contributed by atoms with Crippen LogP contribution in [0, 0.1) is 5.92 Å². The van der Waals surface area contributed by atoms with E-state index in [1.54, 1.807) is 29.9 Å². The van der Waals surface area contributed by atoms with Gasteiger partial charge >= 0.3 is 5.97 Å². The van der Waals surface area contributed by atoms with Crippen molar-refractivity contribution in [2.75, 3.05) is 30.5 Å². The van der Waals surface area contributed by atoms with Gasteiger partial charge in [0.25, 0.3) is 11.8 Å². The third-order valence-electron chi connectivity index (χ3n) is 9.53. The van der Waals surface area contributed by atoms with Gasteiger partial charge in [-0.1, -0.05) is 54.6 Å². The first-order valence-electron chi connectivity index (χ1n) is 17.1. The largest absolute Gasteiger partial charge is 0.469 e. The normalized spacial score (nSPS) is 25.6. The van der Waals surface area contributed by atoms with Crippen LogP contribution in [-0.2, 0) is 36.0 Å². The number of benzene rings is 2. The van der Waals surface area contributed by atoms with Gasteiger partial charge in [-0.3, -0.25) is 19.1 Å². The molecular formula is C36H45N5O11. The Bertz CT molecular complexity index is 1740. The highest BCUT2D eigenvalue weighted by Crippen LogP contribution is 2.46. The average molecular weight is 724 g/mol. The van der Waals surface area contributed by atoms with Crippen LogP contribution in [0.3, 0.4) is 0 Å². The Morgan fingerprint density at radius 3 is 2.52 bits per heavy atom. The van der Waals surface area contributed by atoms with E-state index in [0.29, 0.717) is 37.2 Å². The first-order chi connectivity index (χ1) is 24.9. The van der Waals surface area contributed by atoms with Crippen molar-refractivity contribution in [1.82, 2.24) is 15.0 Å². The van der Waals surface area contributed by atoms with Crippen molar-refractivity contribution in [1.29, 1.82) is 0 Å². The first kappa shape index (κ1) is 38.7. The van der Waals surface area contributed by atoms with Crippen LogP contribution in [0.4, 0.5) is 11.4 Å². The third-order valence-corrected chi connectivity index (χ3v) is 9.53. The zero-order valence-electron chi connectivity index (χ0n) is 28.9. The molecule has 0 spiro atoms. The summed E-state index contributed by atoms with van der Waals surface area (Å²) in [5, 5.41) is 73.1. The molecule has 52 heavy (non-hydrogen) atoms. The predicted molar refractivity (Wildman–Crippen MR) is 184 cm³/mol. The molecule has 2 aliphatic rings. The number of unbranched alkanes of at least 4 members (excludes halogenated alkanes) is 1. The molecule has 2 aliphatic heterocycles. The highest BCUT2D eigenvalue weighted by molar-refractivity contribution is 6.08. The number of aromatic nitrogens is 3. The Balaban J connectivity index is 1.32. The Morgan fingerprint density at radius 2 is 1.81 bits per heavy atom. The van der Waals surface area contributed by atoms with E-state index in [-0.39, 0.29) is 42.7 Å². The van der Waals surface area contributed by atoms with Crippen molar-refractivity contribution in [3.8, 4) is 0 Å². The number of carbonyl (C=O) groups is 3. The maximum absolute atomic E-state index is 14.0. The molecule has 2 aromatic carbocycles. The summed E-state index contributed by atoms with van der Waals surface area (Å²) >= 11 is 0. The van der Waals surface area contributed by atoms with Crippen LogP contribution in [0.5, 0.6) is 0 Å². The van der Waals surface area contributed by atoms with Gasteiger partial charge < -0.3 is 50.3 Å². The molecule has 3 heterocycles. The van der Waals surface area contributed by atoms with Gasteiger partial charge in [0.2, 0.25) is 0 Å². The molecular weight excluding hydrogens is 678 g/mol. The summed E-state index contributed by atoms with van der Waals surface area (Å²) < 4.78 is 11.4. The molecule has 280 valence electrons. The number of carbonyl (C=O) groups excluding carboxylic acids is 3. The third kappa shape index (κ3) is 8.08. The van der Waals surface area contributed by atoms with Crippen LogP contribution in [0.15, 0.2) is 66.9 Å². The number of allylic oxidation sites excluding steroid dienone is 1. The number of ether oxygens (including phenoxy) is 2. The zero-order chi connectivity index (χ0) is 37.6. The lowest BCUT2D eigenvalue weighted by Crippen LogP contribution is -2.60. The number of methoxy groups -OCH3 is 1. The number of anilines is 2. The van der Waals surface area contributed by atoms with Gasteiger partial charge in [0.1, 0.15) is 18.3 Å². The predicted octanol–water partition coefficient (Wildman–Crippen LogP) is 0.301. The monoisotopic (exact) mass is 723 g/mol. The Hall–Kier alpha value is -4.55. The van der Waals surface area contributed by atoms with Crippen molar-refractivity contribution in [3.63, 3.8) is 0 Å². The van der Waals surface area contributed by atoms with E-state index >= 15 is 0 Å². The molecule has 0 radical (unpaired) electrons. The van der Waals surface area contributed by atoms with Crippen molar-refractivity contribution < 1.29 is 54.5 Å². The fraction of sp³-hybridized carbons (Fsp3) is 0.472. The van der Waals surface area contributed by atoms with Gasteiger partial charge in [0.15, 0.2) is 18.0 Å². The van der Waals surface area contributed by atoms with E-state index in [4.69, 9.17) is 9.47 Å². The molecule has 1 saturated heterocycles. The van der Waals surface area contributed by atoms with Crippen LogP contribution in [0.1, 0.15) is 55.3 Å². The fourth-order valence-corrected chi connectivity index (χ4v) is 6.46. The summed E-state index contributed by atoms with van der Waals surface area (Å²) in [7, 11) is 1.30. The molecule has 2 amide bonds. The van der Waals surface area contributed by atoms with Gasteiger partial charge in [-0.2, -0.15) is 0 Å². The molecule has 1 unspecified atom stereocenters. The van der Waals surface area contributed by atoms with Gasteiger partial charge in [0, 0.05) is 42.9 Å². The summed E-state index contributed by atoms with van der Waals surface area (Å²) in [5.41, 5.74) is 0.215. The van der Waals surface area contributed by atoms with Crippen LogP contribution >= 0.6 is 0 Å². The topological polar surface area (TPSA) is 237 Å². The van der Waals surface area contributed by atoms with Crippen molar-refractivity contribution in [2.45, 2.75) is 81.4 Å². The molecule has 8 atom stereocenters. The average Bonchev–Trinajstić information content (AvgIpc) is 3.70. The Labute approximate surface area is 299 Å². The molecule has 5 rings (SSSR count). The molecule has 3 aromatic rings. The summed E-state index contributed by atoms with van der Waals surface area (Å²) in [6, 6.07) is 14.0. The van der Waals surface area contributed by atoms with E-state index in [2.05, 4.69) is 15.6 Å². The first-order valence-corrected chi connectivity index (χ1v) is 17.1. The van der Waals surface area contributed by atoms with Gasteiger partial charge in [0.05, 0.1) is 31.0 Å². The summed E-state index contributed by atoms with van der Waals surface area (Å²) in [6.45, 7) is 2.18. The molecule has 1 fully saturated rings. The number of esters is 1. The zero-order valence-corrected chi connectivity index (χ0v) is 28.9. The fourth-order valence-electron chi connectivity index (χ4n) is 6.46. The van der Waals surface area contributed by atoms with Gasteiger partial charge in [-0.15, -0.1) is 5.10 Å². The highest BCUT2D eigenvalue weighted by Gasteiger charge is 2.52. The molecule has 0 bridgehead atoms. The number of nitrogens with one attached hydrogen (secondary N) is 1. The molecule has 16 heteroatoms. The second-order valence-electron chi connectivity index (χ2n) is 13.0. The minimum absolute atomic E-state index is 0.128. The summed E-state index contributed by atoms with van der Waals surface area (Å²) in [6.07, 6.45) is -2.35. The molecule has 7 N–H and O–H groups in total. The minimum atomic E-state index is -2.06. The maximum Gasteiger partial charge on any atom is 0.305 e. The van der Waals surface area contributed by atoms with E-state index in [1.165, 1.54) is 24.1 Å². The smallest absolute Gasteiger partial charge is 0.305 e. The van der Waals surface area contributed by atoms with Crippen LogP contribution in [0.25, 0.3) is 0 Å². The van der Waals surface area contributed by atoms with E-state index in [1.807, 2.05) is 36.4 Å². The van der Waals surface area contributed by atoms with Crippen molar-refractivity contribution >= 4 is 29.2 Å². The second kappa shape index (κ2) is 16.9. The highest BCUT2D eigenvalue weighted by atomic mass is 16.6. The summed E-state index contributed by atoms with van der Waals surface area (Å²) in [5.74, 6) is -3.00. The number of nitrogens with zero attached hydrogens (tertiary/aromatic N) is 4. The molecule has 0 aliphatic carbocycles. The lowest BCUT2D eigenvalue weighted by molar-refractivity contribution is -0.274. The molecule has 1 aromatic heterocycles. The van der Waals surface area contributed by atoms with E-state index in [0.717, 1.165) is 5.56 Å². The number of fused-ring (bicyclic) bond motifs is 1. The van der Waals surface area contributed by atoms with Gasteiger partial charge in [-0.25, -0.2) is 0 Å². The SMILES string of the molecule is COC(=O)CCCCN1C(=O)[C@](O)([C@H](C)/C=C/CCn2cc(C(CO)c3ccccc3)nn2)c2cc(NC(=O)[C@H]3O[C@@H](O)[C@H](O)[C@@H](O)[C@@H]3O)ccc21. The maximum atomic E-state index is 14.0. The lowest BCUT2D eigenvalue weighted by Gasteiger charge is -2.37.